The second kappa shape index (κ2) is 8.04. The molecule has 1 fully saturated rings. The van der Waals surface area contributed by atoms with Crippen molar-refractivity contribution < 1.29 is 12.8 Å². The molecule has 152 valence electrons. The van der Waals surface area contributed by atoms with Crippen LogP contribution in [0.4, 0.5) is 4.39 Å². The summed E-state index contributed by atoms with van der Waals surface area (Å²) in [6.07, 6.45) is 9.38. The molecular weight excluding hydrogens is 391 g/mol. The summed E-state index contributed by atoms with van der Waals surface area (Å²) in [5, 5.41) is 4.08. The first-order chi connectivity index (χ1) is 13.9. The summed E-state index contributed by atoms with van der Waals surface area (Å²) in [6.45, 7) is 2.74. The second-order valence-electron chi connectivity index (χ2n) is 7.49. The van der Waals surface area contributed by atoms with E-state index in [1.807, 2.05) is 25.3 Å². The number of sulfonamides is 1. The van der Waals surface area contributed by atoms with Gasteiger partial charge in [0.05, 0.1) is 11.1 Å². The Morgan fingerprint density at radius 1 is 1.17 bits per heavy atom. The first-order valence-corrected chi connectivity index (χ1v) is 11.1. The predicted octanol–water partition coefficient (Wildman–Crippen LogP) is 3.36. The molecule has 3 heterocycles. The number of halogens is 1. The van der Waals surface area contributed by atoms with E-state index < -0.39 is 15.8 Å². The highest BCUT2D eigenvalue weighted by molar-refractivity contribution is 7.89. The van der Waals surface area contributed by atoms with E-state index >= 15 is 0 Å². The van der Waals surface area contributed by atoms with Gasteiger partial charge in [-0.05, 0) is 67.5 Å². The zero-order chi connectivity index (χ0) is 20.4. The Balaban J connectivity index is 1.46. The number of hydrogen-bond acceptors (Lipinski definition) is 4. The van der Waals surface area contributed by atoms with Gasteiger partial charge in [-0.3, -0.25) is 4.98 Å². The SMILES string of the molecule is Cc1cnn(-c2ccc(S(=O)(=O)N3CCC(Cc4cccnc4)CC3)cc2F)c1. The van der Waals surface area contributed by atoms with Gasteiger partial charge in [-0.15, -0.1) is 0 Å². The van der Waals surface area contributed by atoms with E-state index in [1.54, 1.807) is 18.6 Å². The van der Waals surface area contributed by atoms with Crippen LogP contribution in [0.5, 0.6) is 0 Å². The molecule has 1 aliphatic rings. The molecule has 4 rings (SSSR count). The van der Waals surface area contributed by atoms with E-state index in [-0.39, 0.29) is 10.6 Å². The number of piperidine rings is 1. The molecule has 6 nitrogen and oxygen atoms in total. The smallest absolute Gasteiger partial charge is 0.243 e. The number of aryl methyl sites for hydroxylation is 1. The summed E-state index contributed by atoms with van der Waals surface area (Å²) < 4.78 is 43.4. The fourth-order valence-corrected chi connectivity index (χ4v) is 5.22. The number of aromatic nitrogens is 3. The van der Waals surface area contributed by atoms with Gasteiger partial charge in [0.1, 0.15) is 11.5 Å². The van der Waals surface area contributed by atoms with Crippen LogP contribution in [0.3, 0.4) is 0 Å². The third-order valence-electron chi connectivity index (χ3n) is 5.34. The first-order valence-electron chi connectivity index (χ1n) is 9.64. The zero-order valence-corrected chi connectivity index (χ0v) is 17.0. The molecule has 0 atom stereocenters. The number of benzene rings is 1. The Hall–Kier alpha value is -2.58. The molecular formula is C21H23FN4O2S. The molecule has 3 aromatic rings. The normalized spacial score (nSPS) is 16.2. The van der Waals surface area contributed by atoms with Gasteiger partial charge in [-0.2, -0.15) is 9.40 Å². The van der Waals surface area contributed by atoms with Crippen LogP contribution >= 0.6 is 0 Å². The molecule has 0 amide bonds. The highest BCUT2D eigenvalue weighted by atomic mass is 32.2. The van der Waals surface area contributed by atoms with Gasteiger partial charge in [-0.1, -0.05) is 6.07 Å². The average Bonchev–Trinajstić information content (AvgIpc) is 3.15. The predicted molar refractivity (Wildman–Crippen MR) is 108 cm³/mol. The zero-order valence-electron chi connectivity index (χ0n) is 16.2. The van der Waals surface area contributed by atoms with Crippen LogP contribution in [-0.2, 0) is 16.4 Å². The Labute approximate surface area is 170 Å². The maximum Gasteiger partial charge on any atom is 0.243 e. The van der Waals surface area contributed by atoms with Crippen molar-refractivity contribution in [1.29, 1.82) is 0 Å². The molecule has 0 radical (unpaired) electrons. The second-order valence-corrected chi connectivity index (χ2v) is 9.43. The molecule has 0 aliphatic carbocycles. The molecule has 29 heavy (non-hydrogen) atoms. The highest BCUT2D eigenvalue weighted by Crippen LogP contribution is 2.27. The van der Waals surface area contributed by atoms with Crippen molar-refractivity contribution in [3.05, 3.63) is 72.1 Å². The van der Waals surface area contributed by atoms with Crippen molar-refractivity contribution in [3.8, 4) is 5.69 Å². The molecule has 8 heteroatoms. The summed E-state index contributed by atoms with van der Waals surface area (Å²) in [5.41, 5.74) is 2.29. The van der Waals surface area contributed by atoms with Crippen molar-refractivity contribution in [3.63, 3.8) is 0 Å². The summed E-state index contributed by atoms with van der Waals surface area (Å²) >= 11 is 0. The van der Waals surface area contributed by atoms with Crippen molar-refractivity contribution in [2.24, 2.45) is 5.92 Å². The molecule has 1 saturated heterocycles. The Morgan fingerprint density at radius 2 is 1.97 bits per heavy atom. The van der Waals surface area contributed by atoms with Gasteiger partial charge < -0.3 is 0 Å². The van der Waals surface area contributed by atoms with Crippen LogP contribution in [0.2, 0.25) is 0 Å². The Kier molecular flexibility index (Phi) is 5.47. The Morgan fingerprint density at radius 3 is 2.59 bits per heavy atom. The highest BCUT2D eigenvalue weighted by Gasteiger charge is 2.30. The quantitative estimate of drug-likeness (QED) is 0.642. The van der Waals surface area contributed by atoms with Gasteiger partial charge >= 0.3 is 0 Å². The molecule has 0 bridgehead atoms. The van der Waals surface area contributed by atoms with Crippen molar-refractivity contribution >= 4 is 10.0 Å². The van der Waals surface area contributed by atoms with Crippen molar-refractivity contribution in [1.82, 2.24) is 19.1 Å². The molecule has 0 spiro atoms. The number of nitrogens with zero attached hydrogens (tertiary/aromatic N) is 4. The summed E-state index contributed by atoms with van der Waals surface area (Å²) in [6, 6.07) is 7.96. The lowest BCUT2D eigenvalue weighted by Crippen LogP contribution is -2.38. The van der Waals surface area contributed by atoms with Crippen LogP contribution < -0.4 is 0 Å². The monoisotopic (exact) mass is 414 g/mol. The number of rotatable bonds is 5. The lowest BCUT2D eigenvalue weighted by Gasteiger charge is -2.31. The van der Waals surface area contributed by atoms with Crippen LogP contribution in [0, 0.1) is 18.7 Å². The van der Waals surface area contributed by atoms with Gasteiger partial charge in [0.25, 0.3) is 0 Å². The van der Waals surface area contributed by atoms with E-state index in [1.165, 1.54) is 26.7 Å². The summed E-state index contributed by atoms with van der Waals surface area (Å²) in [5.74, 6) is -0.187. The van der Waals surface area contributed by atoms with E-state index in [0.29, 0.717) is 19.0 Å². The lowest BCUT2D eigenvalue weighted by molar-refractivity contribution is 0.272. The molecule has 0 saturated carbocycles. The van der Waals surface area contributed by atoms with E-state index in [2.05, 4.69) is 10.1 Å². The van der Waals surface area contributed by atoms with Crippen LogP contribution in [0.15, 0.2) is 60.0 Å². The fraction of sp³-hybridized carbons (Fsp3) is 0.333. The van der Waals surface area contributed by atoms with Gasteiger partial charge in [0, 0.05) is 31.7 Å². The van der Waals surface area contributed by atoms with E-state index in [4.69, 9.17) is 0 Å². The lowest BCUT2D eigenvalue weighted by atomic mass is 9.92. The Bertz CT molecular complexity index is 1090. The van der Waals surface area contributed by atoms with Crippen LogP contribution in [0.1, 0.15) is 24.0 Å². The third kappa shape index (κ3) is 4.23. The van der Waals surface area contributed by atoms with Gasteiger partial charge in [0.15, 0.2) is 0 Å². The molecule has 1 aliphatic heterocycles. The number of hydrogen-bond donors (Lipinski definition) is 0. The van der Waals surface area contributed by atoms with Gasteiger partial charge in [0.2, 0.25) is 10.0 Å². The standard InChI is InChI=1S/C21H23FN4O2S/c1-16-13-24-26(15-16)21-5-4-19(12-20(21)22)29(27,28)25-9-6-17(7-10-25)11-18-3-2-8-23-14-18/h2-5,8,12-15,17H,6-7,9-11H2,1H3. The largest absolute Gasteiger partial charge is 0.264 e. The minimum absolute atomic E-state index is 0.0201. The van der Waals surface area contributed by atoms with Crippen molar-refractivity contribution in [2.75, 3.05) is 13.1 Å². The van der Waals surface area contributed by atoms with E-state index in [9.17, 15) is 12.8 Å². The van der Waals surface area contributed by atoms with Crippen LogP contribution in [0.25, 0.3) is 5.69 Å². The molecule has 2 aromatic heterocycles. The van der Waals surface area contributed by atoms with Crippen LogP contribution in [-0.4, -0.2) is 40.6 Å². The first kappa shape index (κ1) is 19.7. The molecule has 0 unspecified atom stereocenters. The maximum atomic E-state index is 14.6. The maximum absolute atomic E-state index is 14.6. The topological polar surface area (TPSA) is 68.1 Å². The third-order valence-corrected chi connectivity index (χ3v) is 7.23. The molecule has 0 N–H and O–H groups in total. The average molecular weight is 415 g/mol. The minimum Gasteiger partial charge on any atom is -0.264 e. The van der Waals surface area contributed by atoms with Gasteiger partial charge in [-0.25, -0.2) is 17.5 Å². The summed E-state index contributed by atoms with van der Waals surface area (Å²) in [7, 11) is -3.72. The van der Waals surface area contributed by atoms with Crippen molar-refractivity contribution in [2.45, 2.75) is 31.1 Å². The fourth-order valence-electron chi connectivity index (χ4n) is 3.73. The minimum atomic E-state index is -3.72. The molecule has 1 aromatic carbocycles. The number of pyridine rings is 1. The van der Waals surface area contributed by atoms with E-state index in [0.717, 1.165) is 30.9 Å². The summed E-state index contributed by atoms with van der Waals surface area (Å²) in [4.78, 5) is 4.11.